The van der Waals surface area contributed by atoms with Crippen molar-refractivity contribution < 1.29 is 9.53 Å². The van der Waals surface area contributed by atoms with Gasteiger partial charge in [-0.15, -0.1) is 0 Å². The second-order valence-corrected chi connectivity index (χ2v) is 7.27. The number of benzene rings is 1. The lowest BCUT2D eigenvalue weighted by atomic mass is 10.1. The smallest absolute Gasteiger partial charge is 0.231 e. The van der Waals surface area contributed by atoms with Crippen LogP contribution < -0.4 is 9.80 Å². The highest BCUT2D eigenvalue weighted by Crippen LogP contribution is 2.32. The van der Waals surface area contributed by atoms with Crippen molar-refractivity contribution in [3.05, 3.63) is 35.7 Å². The van der Waals surface area contributed by atoms with E-state index in [9.17, 15) is 4.79 Å². The van der Waals surface area contributed by atoms with Gasteiger partial charge in [0.1, 0.15) is 5.82 Å². The zero-order valence-electron chi connectivity index (χ0n) is 14.4. The van der Waals surface area contributed by atoms with Gasteiger partial charge < -0.3 is 14.5 Å². The Morgan fingerprint density at radius 3 is 3.12 bits per heavy atom. The highest BCUT2D eigenvalue weighted by molar-refractivity contribution is 7.09. The van der Waals surface area contributed by atoms with E-state index in [2.05, 4.69) is 26.4 Å². The van der Waals surface area contributed by atoms with Gasteiger partial charge in [-0.3, -0.25) is 4.79 Å². The van der Waals surface area contributed by atoms with Crippen molar-refractivity contribution >= 4 is 28.3 Å². The van der Waals surface area contributed by atoms with Crippen LogP contribution in [0.25, 0.3) is 0 Å². The van der Waals surface area contributed by atoms with Crippen LogP contribution in [0.15, 0.2) is 24.3 Å². The third kappa shape index (κ3) is 3.26. The predicted molar refractivity (Wildman–Crippen MR) is 98.3 cm³/mol. The minimum absolute atomic E-state index is 0.0393. The molecular formula is C18H22N4O2S. The van der Waals surface area contributed by atoms with Crippen molar-refractivity contribution in [2.45, 2.75) is 19.3 Å². The van der Waals surface area contributed by atoms with Gasteiger partial charge in [-0.2, -0.15) is 4.37 Å². The predicted octanol–water partition coefficient (Wildman–Crippen LogP) is 2.14. The van der Waals surface area contributed by atoms with Crippen LogP contribution in [0.5, 0.6) is 0 Å². The fourth-order valence-electron chi connectivity index (χ4n) is 3.59. The first-order valence-electron chi connectivity index (χ1n) is 8.72. The number of hydrogen-bond acceptors (Lipinski definition) is 6. The highest BCUT2D eigenvalue weighted by atomic mass is 32.1. The van der Waals surface area contributed by atoms with Crippen LogP contribution in [0.3, 0.4) is 0 Å². The molecule has 7 heteroatoms. The average Bonchev–Trinajstić information content (AvgIpc) is 3.37. The number of nitrogens with zero attached hydrogens (tertiary/aromatic N) is 4. The summed E-state index contributed by atoms with van der Waals surface area (Å²) in [7, 11) is 1.68. The van der Waals surface area contributed by atoms with Gasteiger partial charge in [0.25, 0.3) is 0 Å². The van der Waals surface area contributed by atoms with Crippen molar-refractivity contribution in [1.82, 2.24) is 9.36 Å². The molecule has 2 aliphatic heterocycles. The monoisotopic (exact) mass is 358 g/mol. The van der Waals surface area contributed by atoms with Crippen LogP contribution in [-0.2, 0) is 22.4 Å². The number of carbonyl (C=O) groups excluding carboxylic acids is 1. The standard InChI is InChI=1S/C18H22N4O2S/c1-24-11-8-16-19-18(25-20-16)21-9-6-14(12-21)17(23)22-10-7-13-4-2-3-5-15(13)22/h2-5,14H,6-12H2,1H3. The number of methoxy groups -OCH3 is 1. The van der Waals surface area contributed by atoms with Crippen molar-refractivity contribution in [2.75, 3.05) is 43.2 Å². The molecule has 1 atom stereocenters. The number of hydrogen-bond donors (Lipinski definition) is 0. The third-order valence-electron chi connectivity index (χ3n) is 4.95. The Morgan fingerprint density at radius 2 is 2.24 bits per heavy atom. The molecule has 0 bridgehead atoms. The molecular weight excluding hydrogens is 336 g/mol. The quantitative estimate of drug-likeness (QED) is 0.820. The number of anilines is 2. The van der Waals surface area contributed by atoms with Gasteiger partial charge in [0.2, 0.25) is 11.0 Å². The minimum atomic E-state index is 0.0393. The lowest BCUT2D eigenvalue weighted by Gasteiger charge is -2.21. The molecule has 2 aliphatic rings. The molecule has 1 aromatic carbocycles. The van der Waals surface area contributed by atoms with Crippen molar-refractivity contribution in [3.8, 4) is 0 Å². The lowest BCUT2D eigenvalue weighted by molar-refractivity contribution is -0.121. The van der Waals surface area contributed by atoms with Crippen molar-refractivity contribution in [3.63, 3.8) is 0 Å². The van der Waals surface area contributed by atoms with E-state index in [1.54, 1.807) is 7.11 Å². The van der Waals surface area contributed by atoms with E-state index in [1.807, 2.05) is 17.0 Å². The summed E-state index contributed by atoms with van der Waals surface area (Å²) in [4.78, 5) is 21.7. The Kier molecular flexibility index (Phi) is 4.67. The maximum Gasteiger partial charge on any atom is 0.231 e. The van der Waals surface area contributed by atoms with Gasteiger partial charge in [0.05, 0.1) is 12.5 Å². The number of carbonyl (C=O) groups is 1. The molecule has 1 unspecified atom stereocenters. The molecule has 0 radical (unpaired) electrons. The number of rotatable bonds is 5. The summed E-state index contributed by atoms with van der Waals surface area (Å²) in [6.07, 6.45) is 2.57. The van der Waals surface area contributed by atoms with Crippen molar-refractivity contribution in [2.24, 2.45) is 5.92 Å². The number of aromatic nitrogens is 2. The molecule has 2 aromatic rings. The molecule has 1 aromatic heterocycles. The number of ether oxygens (including phenoxy) is 1. The molecule has 0 spiro atoms. The summed E-state index contributed by atoms with van der Waals surface area (Å²) in [5.74, 6) is 1.11. The maximum absolute atomic E-state index is 13.0. The summed E-state index contributed by atoms with van der Waals surface area (Å²) in [6, 6.07) is 8.22. The third-order valence-corrected chi connectivity index (χ3v) is 5.76. The molecule has 1 amide bonds. The minimum Gasteiger partial charge on any atom is -0.384 e. The van der Waals surface area contributed by atoms with Crippen LogP contribution in [-0.4, -0.2) is 48.6 Å². The van der Waals surface area contributed by atoms with Crippen LogP contribution in [0.2, 0.25) is 0 Å². The Morgan fingerprint density at radius 1 is 1.36 bits per heavy atom. The first-order valence-corrected chi connectivity index (χ1v) is 9.49. The van der Waals surface area contributed by atoms with Gasteiger partial charge in [0.15, 0.2) is 0 Å². The van der Waals surface area contributed by atoms with E-state index in [0.717, 1.165) is 55.5 Å². The number of fused-ring (bicyclic) bond motifs is 1. The van der Waals surface area contributed by atoms with E-state index in [4.69, 9.17) is 4.74 Å². The number of amides is 1. The van der Waals surface area contributed by atoms with E-state index >= 15 is 0 Å². The van der Waals surface area contributed by atoms with Gasteiger partial charge in [-0.25, -0.2) is 4.98 Å². The SMILES string of the molecule is COCCc1nsc(N2CCC(C(=O)N3CCc4ccccc43)C2)n1. The van der Waals surface area contributed by atoms with Gasteiger partial charge in [-0.05, 0) is 24.5 Å². The maximum atomic E-state index is 13.0. The molecule has 3 heterocycles. The molecule has 6 nitrogen and oxygen atoms in total. The molecule has 0 saturated carbocycles. The zero-order chi connectivity index (χ0) is 17.2. The summed E-state index contributed by atoms with van der Waals surface area (Å²) in [6.45, 7) is 3.03. The van der Waals surface area contributed by atoms with E-state index in [0.29, 0.717) is 6.61 Å². The summed E-state index contributed by atoms with van der Waals surface area (Å²) in [5.41, 5.74) is 2.36. The molecule has 132 valence electrons. The van der Waals surface area contributed by atoms with E-state index in [1.165, 1.54) is 17.1 Å². The molecule has 1 fully saturated rings. The highest BCUT2D eigenvalue weighted by Gasteiger charge is 2.35. The van der Waals surface area contributed by atoms with Crippen molar-refractivity contribution in [1.29, 1.82) is 0 Å². The summed E-state index contributed by atoms with van der Waals surface area (Å²) in [5, 5.41) is 0.920. The Labute approximate surface area is 151 Å². The second kappa shape index (κ2) is 7.09. The molecule has 4 rings (SSSR count). The number of para-hydroxylation sites is 1. The van der Waals surface area contributed by atoms with Gasteiger partial charge in [-0.1, -0.05) is 18.2 Å². The normalized spacial score (nSPS) is 19.5. The van der Waals surface area contributed by atoms with Crippen LogP contribution in [0.4, 0.5) is 10.8 Å². The van der Waals surface area contributed by atoms with Gasteiger partial charge in [0, 0.05) is 50.4 Å². The van der Waals surface area contributed by atoms with E-state index in [-0.39, 0.29) is 11.8 Å². The molecule has 1 saturated heterocycles. The summed E-state index contributed by atoms with van der Waals surface area (Å²) < 4.78 is 9.46. The fraction of sp³-hybridized carbons (Fsp3) is 0.500. The van der Waals surface area contributed by atoms with Crippen LogP contribution in [0, 0.1) is 5.92 Å². The lowest BCUT2D eigenvalue weighted by Crippen LogP contribution is -2.36. The summed E-state index contributed by atoms with van der Waals surface area (Å²) >= 11 is 1.42. The average molecular weight is 358 g/mol. The largest absolute Gasteiger partial charge is 0.384 e. The first-order chi connectivity index (χ1) is 12.3. The topological polar surface area (TPSA) is 58.6 Å². The second-order valence-electron chi connectivity index (χ2n) is 6.54. The first kappa shape index (κ1) is 16.5. The van der Waals surface area contributed by atoms with Crippen LogP contribution in [0.1, 0.15) is 17.8 Å². The Bertz CT molecular complexity index is 763. The Balaban J connectivity index is 1.41. The van der Waals surface area contributed by atoms with Gasteiger partial charge >= 0.3 is 0 Å². The fourth-order valence-corrected chi connectivity index (χ4v) is 4.34. The van der Waals surface area contributed by atoms with E-state index < -0.39 is 0 Å². The molecule has 0 N–H and O–H groups in total. The molecule has 25 heavy (non-hydrogen) atoms. The van der Waals surface area contributed by atoms with Crippen LogP contribution >= 0.6 is 11.5 Å². The Hall–Kier alpha value is -1.99. The molecule has 0 aliphatic carbocycles. The zero-order valence-corrected chi connectivity index (χ0v) is 15.2.